The Balaban J connectivity index is 2.07. The maximum Gasteiger partial charge on any atom is 0.0110 e. The largest absolute Gasteiger partial charge is 0.330 e. The quantitative estimate of drug-likeness (QED) is 0.668. The van der Waals surface area contributed by atoms with Crippen molar-refractivity contribution in [2.75, 3.05) is 45.8 Å². The molecule has 0 spiro atoms. The molecule has 0 aliphatic carbocycles. The highest BCUT2D eigenvalue weighted by Gasteiger charge is 2.16. The van der Waals surface area contributed by atoms with Crippen LogP contribution in [0.5, 0.6) is 0 Å². The van der Waals surface area contributed by atoms with Crippen LogP contribution in [-0.2, 0) is 0 Å². The van der Waals surface area contributed by atoms with E-state index in [-0.39, 0.29) is 0 Å². The monoisotopic (exact) mass is 213 g/mol. The van der Waals surface area contributed by atoms with Gasteiger partial charge in [0.2, 0.25) is 0 Å². The van der Waals surface area contributed by atoms with Gasteiger partial charge >= 0.3 is 0 Å². The number of nitrogens with two attached hydrogens (primary N) is 1. The van der Waals surface area contributed by atoms with Gasteiger partial charge in [0.05, 0.1) is 0 Å². The lowest BCUT2D eigenvalue weighted by atomic mass is 10.2. The zero-order valence-electron chi connectivity index (χ0n) is 10.4. The highest BCUT2D eigenvalue weighted by Crippen LogP contribution is 2.05. The molecule has 0 unspecified atom stereocenters. The molecule has 0 bridgehead atoms. The minimum absolute atomic E-state index is 0.800. The fourth-order valence-electron chi connectivity index (χ4n) is 2.19. The number of rotatable bonds is 6. The lowest BCUT2D eigenvalue weighted by molar-refractivity contribution is 0.121. The first-order chi connectivity index (χ1) is 7.22. The Labute approximate surface area is 94.6 Å². The molecule has 0 radical (unpaired) electrons. The Bertz CT molecular complexity index is 151. The van der Waals surface area contributed by atoms with E-state index in [2.05, 4.69) is 23.6 Å². The summed E-state index contributed by atoms with van der Waals surface area (Å²) in [5.41, 5.74) is 5.49. The summed E-state index contributed by atoms with van der Waals surface area (Å²) < 4.78 is 0. The van der Waals surface area contributed by atoms with Gasteiger partial charge in [0.15, 0.2) is 0 Å². The molecule has 3 heteroatoms. The molecule has 2 N–H and O–H groups in total. The smallest absolute Gasteiger partial charge is 0.0110 e. The van der Waals surface area contributed by atoms with Crippen LogP contribution in [0, 0.1) is 5.92 Å². The second-order valence-corrected chi connectivity index (χ2v) is 5.03. The van der Waals surface area contributed by atoms with Crippen LogP contribution in [0.2, 0.25) is 0 Å². The minimum atomic E-state index is 0.800. The molecule has 1 fully saturated rings. The fraction of sp³-hybridized carbons (Fsp3) is 1.00. The average molecular weight is 213 g/mol. The van der Waals surface area contributed by atoms with Crippen molar-refractivity contribution in [1.29, 1.82) is 0 Å². The molecule has 15 heavy (non-hydrogen) atoms. The van der Waals surface area contributed by atoms with Crippen LogP contribution in [0.15, 0.2) is 0 Å². The molecule has 0 aromatic rings. The Hall–Kier alpha value is -0.120. The number of hydrogen-bond donors (Lipinski definition) is 1. The molecule has 1 rings (SSSR count). The van der Waals surface area contributed by atoms with Gasteiger partial charge in [0.1, 0.15) is 0 Å². The summed E-state index contributed by atoms with van der Waals surface area (Å²) in [6.07, 6.45) is 2.44. The third kappa shape index (κ3) is 5.50. The van der Waals surface area contributed by atoms with Crippen molar-refractivity contribution < 1.29 is 0 Å². The van der Waals surface area contributed by atoms with Gasteiger partial charge in [0.25, 0.3) is 0 Å². The van der Waals surface area contributed by atoms with E-state index >= 15 is 0 Å². The van der Waals surface area contributed by atoms with Gasteiger partial charge in [-0.1, -0.05) is 13.8 Å². The summed E-state index contributed by atoms with van der Waals surface area (Å²) >= 11 is 0. The van der Waals surface area contributed by atoms with Crippen LogP contribution in [0.1, 0.15) is 26.7 Å². The minimum Gasteiger partial charge on any atom is -0.330 e. The normalized spacial score (nSPS) is 20.0. The summed E-state index contributed by atoms with van der Waals surface area (Å²) in [5.74, 6) is 0.800. The summed E-state index contributed by atoms with van der Waals surface area (Å²) in [6, 6.07) is 0. The Morgan fingerprint density at radius 2 is 1.60 bits per heavy atom. The van der Waals surface area contributed by atoms with E-state index in [1.54, 1.807) is 0 Å². The molecular formula is C12H27N3. The van der Waals surface area contributed by atoms with Gasteiger partial charge in [-0.2, -0.15) is 0 Å². The second kappa shape index (κ2) is 7.20. The van der Waals surface area contributed by atoms with Crippen LogP contribution in [0.3, 0.4) is 0 Å². The van der Waals surface area contributed by atoms with Crippen LogP contribution in [0.25, 0.3) is 0 Å². The zero-order chi connectivity index (χ0) is 11.1. The number of hydrogen-bond acceptors (Lipinski definition) is 3. The van der Waals surface area contributed by atoms with Crippen molar-refractivity contribution in [2.45, 2.75) is 26.7 Å². The van der Waals surface area contributed by atoms with Crippen molar-refractivity contribution in [3.8, 4) is 0 Å². The lowest BCUT2D eigenvalue weighted by Gasteiger charge is -2.35. The van der Waals surface area contributed by atoms with Crippen molar-refractivity contribution in [2.24, 2.45) is 11.7 Å². The first-order valence-electron chi connectivity index (χ1n) is 6.37. The summed E-state index contributed by atoms with van der Waals surface area (Å²) in [7, 11) is 0. The molecule has 0 aromatic carbocycles. The Kier molecular flexibility index (Phi) is 6.22. The molecule has 90 valence electrons. The average Bonchev–Trinajstić information content (AvgIpc) is 2.20. The molecule has 1 heterocycles. The second-order valence-electron chi connectivity index (χ2n) is 5.03. The molecule has 1 saturated heterocycles. The van der Waals surface area contributed by atoms with E-state index < -0.39 is 0 Å². The van der Waals surface area contributed by atoms with Gasteiger partial charge in [-0.05, 0) is 31.8 Å². The Morgan fingerprint density at radius 1 is 1.00 bits per heavy atom. The van der Waals surface area contributed by atoms with E-state index in [4.69, 9.17) is 5.73 Å². The predicted molar refractivity (Wildman–Crippen MR) is 66.0 cm³/mol. The highest BCUT2D eigenvalue weighted by molar-refractivity contribution is 4.72. The molecule has 0 amide bonds. The molecule has 1 aliphatic heterocycles. The maximum atomic E-state index is 5.49. The van der Waals surface area contributed by atoms with Crippen molar-refractivity contribution >= 4 is 0 Å². The molecule has 1 aliphatic rings. The summed E-state index contributed by atoms with van der Waals surface area (Å²) in [4.78, 5) is 5.16. The standard InChI is InChI=1S/C12H27N3/c1-12(2)11-15-9-7-14(8-10-15)6-4-3-5-13/h12H,3-11,13H2,1-2H3. The van der Waals surface area contributed by atoms with Gasteiger partial charge in [0, 0.05) is 32.7 Å². The molecule has 0 saturated carbocycles. The lowest BCUT2D eigenvalue weighted by Crippen LogP contribution is -2.47. The van der Waals surface area contributed by atoms with E-state index in [9.17, 15) is 0 Å². The molecule has 0 aromatic heterocycles. The predicted octanol–water partition coefficient (Wildman–Crippen LogP) is 0.999. The Morgan fingerprint density at radius 3 is 2.13 bits per heavy atom. The van der Waals surface area contributed by atoms with Gasteiger partial charge < -0.3 is 15.5 Å². The highest BCUT2D eigenvalue weighted by atomic mass is 15.3. The fourth-order valence-corrected chi connectivity index (χ4v) is 2.19. The third-order valence-electron chi connectivity index (χ3n) is 3.02. The van der Waals surface area contributed by atoms with Crippen molar-refractivity contribution in [3.05, 3.63) is 0 Å². The van der Waals surface area contributed by atoms with E-state index in [0.717, 1.165) is 12.5 Å². The molecule has 0 atom stereocenters. The van der Waals surface area contributed by atoms with Crippen LogP contribution in [-0.4, -0.2) is 55.6 Å². The molecule has 3 nitrogen and oxygen atoms in total. The molecular weight excluding hydrogens is 186 g/mol. The maximum absolute atomic E-state index is 5.49. The number of unbranched alkanes of at least 4 members (excludes halogenated alkanes) is 1. The zero-order valence-corrected chi connectivity index (χ0v) is 10.4. The summed E-state index contributed by atoms with van der Waals surface area (Å²) in [6.45, 7) is 12.9. The van der Waals surface area contributed by atoms with E-state index in [1.807, 2.05) is 0 Å². The van der Waals surface area contributed by atoms with Crippen molar-refractivity contribution in [1.82, 2.24) is 9.80 Å². The van der Waals surface area contributed by atoms with Crippen LogP contribution >= 0.6 is 0 Å². The van der Waals surface area contributed by atoms with E-state index in [0.29, 0.717) is 0 Å². The SMILES string of the molecule is CC(C)CN1CCN(CCCCN)CC1. The summed E-state index contributed by atoms with van der Waals surface area (Å²) in [5, 5.41) is 0. The first kappa shape index (κ1) is 12.9. The third-order valence-corrected chi connectivity index (χ3v) is 3.02. The van der Waals surface area contributed by atoms with Crippen LogP contribution < -0.4 is 5.73 Å². The first-order valence-corrected chi connectivity index (χ1v) is 6.37. The van der Waals surface area contributed by atoms with Gasteiger partial charge in [-0.3, -0.25) is 0 Å². The van der Waals surface area contributed by atoms with Gasteiger partial charge in [-0.15, -0.1) is 0 Å². The van der Waals surface area contributed by atoms with E-state index in [1.165, 1.54) is 52.1 Å². The topological polar surface area (TPSA) is 32.5 Å². The number of nitrogens with zero attached hydrogens (tertiary/aromatic N) is 2. The van der Waals surface area contributed by atoms with Crippen LogP contribution in [0.4, 0.5) is 0 Å². The number of piperazine rings is 1. The van der Waals surface area contributed by atoms with Gasteiger partial charge in [-0.25, -0.2) is 0 Å². The van der Waals surface area contributed by atoms with Crippen molar-refractivity contribution in [3.63, 3.8) is 0 Å².